The number of hydrogen-bond acceptors (Lipinski definition) is 5. The zero-order chi connectivity index (χ0) is 17.2. The van der Waals surface area contributed by atoms with Crippen LogP contribution in [0.2, 0.25) is 5.02 Å². The van der Waals surface area contributed by atoms with E-state index in [1.165, 1.54) is 4.80 Å². The first-order chi connectivity index (χ1) is 12.2. The Bertz CT molecular complexity index is 1010. The number of hydrogen-bond donors (Lipinski definition) is 0. The zero-order valence-corrected chi connectivity index (χ0v) is 15.1. The highest BCUT2D eigenvalue weighted by Gasteiger charge is 2.10. The Hall–Kier alpha value is -2.51. The van der Waals surface area contributed by atoms with E-state index in [1.807, 2.05) is 36.4 Å². The van der Waals surface area contributed by atoms with Crippen LogP contribution in [0.3, 0.4) is 0 Å². The number of halogens is 2. The highest BCUT2D eigenvalue weighted by molar-refractivity contribution is 9.10. The third-order valence-corrected chi connectivity index (χ3v) is 4.25. The van der Waals surface area contributed by atoms with Crippen LogP contribution in [0.15, 0.2) is 63.7 Å². The molecule has 4 rings (SSSR count). The van der Waals surface area contributed by atoms with Crippen LogP contribution in [0.25, 0.3) is 22.8 Å². The number of nitrogens with zero attached hydrogens (tertiary/aromatic N) is 5. The van der Waals surface area contributed by atoms with Gasteiger partial charge in [0.1, 0.15) is 18.5 Å². The van der Waals surface area contributed by atoms with Gasteiger partial charge in [-0.3, -0.25) is 0 Å². The topological polar surface area (TPSA) is 69.6 Å². The Balaban J connectivity index is 1.52. The molecule has 0 saturated carbocycles. The predicted octanol–water partition coefficient (Wildman–Crippen LogP) is 4.46. The maximum atomic E-state index is 6.00. The summed E-state index contributed by atoms with van der Waals surface area (Å²) in [6.07, 6.45) is 1.58. The fourth-order valence-corrected chi connectivity index (χ4v) is 2.76. The highest BCUT2D eigenvalue weighted by atomic mass is 79.9. The van der Waals surface area contributed by atoms with Gasteiger partial charge in [-0.05, 0) is 47.7 Å². The van der Waals surface area contributed by atoms with E-state index >= 15 is 0 Å². The van der Waals surface area contributed by atoms with Gasteiger partial charge in [-0.1, -0.05) is 33.6 Å². The molecule has 6 nitrogen and oxygen atoms in total. The lowest BCUT2D eigenvalue weighted by atomic mass is 10.2. The summed E-state index contributed by atoms with van der Waals surface area (Å²) in [5.41, 5.74) is 2.42. The molecule has 0 atom stereocenters. The molecule has 0 aliphatic rings. The summed E-state index contributed by atoms with van der Waals surface area (Å²) in [6, 6.07) is 15.1. The molecule has 0 radical (unpaired) electrons. The summed E-state index contributed by atoms with van der Waals surface area (Å²) < 4.78 is 6.52. The lowest BCUT2D eigenvalue weighted by Gasteiger charge is -1.96. The molecular formula is C17H11BrClN5O. The van der Waals surface area contributed by atoms with Gasteiger partial charge in [0.25, 0.3) is 0 Å². The van der Waals surface area contributed by atoms with E-state index in [1.54, 1.807) is 18.4 Å². The van der Waals surface area contributed by atoms with E-state index in [0.29, 0.717) is 29.0 Å². The van der Waals surface area contributed by atoms with Gasteiger partial charge in [-0.25, -0.2) is 4.98 Å². The second-order valence-electron chi connectivity index (χ2n) is 5.30. The molecule has 4 aromatic rings. The summed E-state index contributed by atoms with van der Waals surface area (Å²) in [7, 11) is 0. The molecule has 2 aromatic heterocycles. The van der Waals surface area contributed by atoms with Crippen LogP contribution in [-0.2, 0) is 6.54 Å². The molecule has 2 heterocycles. The van der Waals surface area contributed by atoms with Crippen molar-refractivity contribution in [2.45, 2.75) is 6.54 Å². The lowest BCUT2D eigenvalue weighted by molar-refractivity contribution is 0.550. The Labute approximate surface area is 156 Å². The van der Waals surface area contributed by atoms with Crippen LogP contribution < -0.4 is 0 Å². The third kappa shape index (κ3) is 3.62. The summed E-state index contributed by atoms with van der Waals surface area (Å²) in [4.78, 5) is 5.93. The minimum Gasteiger partial charge on any atom is -0.444 e. The van der Waals surface area contributed by atoms with Gasteiger partial charge in [0, 0.05) is 20.6 Å². The van der Waals surface area contributed by atoms with Crippen LogP contribution >= 0.6 is 27.5 Å². The summed E-state index contributed by atoms with van der Waals surface area (Å²) in [5.74, 6) is 1.07. The molecule has 0 N–H and O–H groups in total. The minimum absolute atomic E-state index is 0.369. The van der Waals surface area contributed by atoms with Gasteiger partial charge in [0.15, 0.2) is 0 Å². The molecule has 0 fully saturated rings. The smallest absolute Gasteiger partial charge is 0.226 e. The van der Waals surface area contributed by atoms with Crippen LogP contribution in [-0.4, -0.2) is 25.2 Å². The Morgan fingerprint density at radius 3 is 2.72 bits per heavy atom. The Morgan fingerprint density at radius 2 is 1.92 bits per heavy atom. The lowest BCUT2D eigenvalue weighted by Crippen LogP contribution is -2.04. The van der Waals surface area contributed by atoms with Crippen molar-refractivity contribution in [2.24, 2.45) is 0 Å². The Kier molecular flexibility index (Phi) is 4.33. The highest BCUT2D eigenvalue weighted by Crippen LogP contribution is 2.22. The molecule has 0 bridgehead atoms. The average Bonchev–Trinajstić information content (AvgIpc) is 3.26. The summed E-state index contributed by atoms with van der Waals surface area (Å²) in [5, 5.41) is 13.2. The molecule has 0 saturated heterocycles. The second kappa shape index (κ2) is 6.78. The zero-order valence-electron chi connectivity index (χ0n) is 12.8. The van der Waals surface area contributed by atoms with Gasteiger partial charge >= 0.3 is 0 Å². The number of tetrazole rings is 1. The standard InChI is InChI=1S/C17H11BrClN5O/c18-13-6-4-11(5-7-13)16-21-23-24(22-16)9-15-10-25-17(20-15)12-2-1-3-14(19)8-12/h1-8,10H,9H2. The molecule has 8 heteroatoms. The first kappa shape index (κ1) is 16.0. The SMILES string of the molecule is Clc1cccc(-c2nc(Cn3nnc(-c4ccc(Br)cc4)n3)co2)c1. The van der Waals surface area contributed by atoms with Gasteiger partial charge in [0.05, 0.1) is 0 Å². The van der Waals surface area contributed by atoms with Crippen molar-refractivity contribution in [3.05, 3.63) is 70.0 Å². The van der Waals surface area contributed by atoms with Crippen molar-refractivity contribution in [1.29, 1.82) is 0 Å². The molecule has 25 heavy (non-hydrogen) atoms. The van der Waals surface area contributed by atoms with E-state index in [9.17, 15) is 0 Å². The normalized spacial score (nSPS) is 11.0. The molecule has 0 aliphatic carbocycles. The molecule has 0 aliphatic heterocycles. The first-order valence-electron chi connectivity index (χ1n) is 7.41. The van der Waals surface area contributed by atoms with Crippen molar-refractivity contribution < 1.29 is 4.42 Å². The maximum Gasteiger partial charge on any atom is 0.226 e. The van der Waals surface area contributed by atoms with Crippen LogP contribution in [0, 0.1) is 0 Å². The van der Waals surface area contributed by atoms with E-state index in [4.69, 9.17) is 16.0 Å². The van der Waals surface area contributed by atoms with Gasteiger partial charge in [0.2, 0.25) is 11.7 Å². The quantitative estimate of drug-likeness (QED) is 0.491. The number of rotatable bonds is 4. The van der Waals surface area contributed by atoms with Crippen molar-refractivity contribution in [3.63, 3.8) is 0 Å². The summed E-state index contributed by atoms with van der Waals surface area (Å²) >= 11 is 9.40. The third-order valence-electron chi connectivity index (χ3n) is 3.48. The predicted molar refractivity (Wildman–Crippen MR) is 97.0 cm³/mol. The van der Waals surface area contributed by atoms with E-state index in [0.717, 1.165) is 15.6 Å². The van der Waals surface area contributed by atoms with Gasteiger partial charge in [-0.15, -0.1) is 10.2 Å². The summed E-state index contributed by atoms with van der Waals surface area (Å²) in [6.45, 7) is 0.369. The van der Waals surface area contributed by atoms with Crippen molar-refractivity contribution in [1.82, 2.24) is 25.2 Å². The van der Waals surface area contributed by atoms with Crippen molar-refractivity contribution >= 4 is 27.5 Å². The Morgan fingerprint density at radius 1 is 1.08 bits per heavy atom. The van der Waals surface area contributed by atoms with Crippen LogP contribution in [0.1, 0.15) is 5.69 Å². The average molecular weight is 417 g/mol. The number of aromatic nitrogens is 5. The fourth-order valence-electron chi connectivity index (χ4n) is 2.30. The minimum atomic E-state index is 0.369. The molecule has 0 amide bonds. The monoisotopic (exact) mass is 415 g/mol. The largest absolute Gasteiger partial charge is 0.444 e. The van der Waals surface area contributed by atoms with Gasteiger partial charge < -0.3 is 4.42 Å². The van der Waals surface area contributed by atoms with Crippen LogP contribution in [0.5, 0.6) is 0 Å². The maximum absolute atomic E-state index is 6.00. The molecule has 0 spiro atoms. The second-order valence-corrected chi connectivity index (χ2v) is 6.66. The molecule has 0 unspecified atom stereocenters. The first-order valence-corrected chi connectivity index (χ1v) is 8.58. The molecule has 124 valence electrons. The van der Waals surface area contributed by atoms with Crippen molar-refractivity contribution in [3.8, 4) is 22.8 Å². The fraction of sp³-hybridized carbons (Fsp3) is 0.0588. The van der Waals surface area contributed by atoms with Crippen molar-refractivity contribution in [2.75, 3.05) is 0 Å². The number of benzene rings is 2. The molecular weight excluding hydrogens is 406 g/mol. The van der Waals surface area contributed by atoms with E-state index < -0.39 is 0 Å². The van der Waals surface area contributed by atoms with Gasteiger partial charge in [-0.2, -0.15) is 4.80 Å². The van der Waals surface area contributed by atoms with E-state index in [-0.39, 0.29) is 0 Å². The molecule has 2 aromatic carbocycles. The van der Waals surface area contributed by atoms with Crippen LogP contribution in [0.4, 0.5) is 0 Å². The van der Waals surface area contributed by atoms with E-state index in [2.05, 4.69) is 36.3 Å². The number of oxazole rings is 1.